The van der Waals surface area contributed by atoms with Crippen molar-refractivity contribution in [2.45, 2.75) is 5.92 Å². The Hall–Kier alpha value is -5.23. The molecule has 4 heterocycles. The molecule has 0 spiro atoms. The lowest BCUT2D eigenvalue weighted by Crippen LogP contribution is -2.09. The van der Waals surface area contributed by atoms with Crippen molar-refractivity contribution in [3.8, 4) is 11.4 Å². The maximum atomic E-state index is 15.1. The molecule has 0 saturated heterocycles. The van der Waals surface area contributed by atoms with Gasteiger partial charge < -0.3 is 9.13 Å². The molecule has 4 nitrogen and oxygen atoms in total. The first-order valence-electron chi connectivity index (χ1n) is 13.4. The van der Waals surface area contributed by atoms with E-state index in [0.717, 1.165) is 9.13 Å². The number of fused-ring (bicyclic) bond motifs is 2. The van der Waals surface area contributed by atoms with Crippen LogP contribution in [0.25, 0.3) is 33.2 Å². The molecule has 0 N–H and O–H groups in total. The van der Waals surface area contributed by atoms with Gasteiger partial charge in [-0.1, -0.05) is 60.1 Å². The van der Waals surface area contributed by atoms with Crippen LogP contribution in [-0.2, 0) is 0 Å². The van der Waals surface area contributed by atoms with Gasteiger partial charge in [0.1, 0.15) is 11.4 Å². The van der Waals surface area contributed by atoms with Gasteiger partial charge in [0.25, 0.3) is 23.8 Å². The summed E-state index contributed by atoms with van der Waals surface area (Å²) in [6.07, 6.45) is 2.56. The van der Waals surface area contributed by atoms with E-state index in [4.69, 9.17) is 11.6 Å². The topological polar surface area (TPSA) is 35.6 Å². The lowest BCUT2D eigenvalue weighted by atomic mass is 9.85. The first-order chi connectivity index (χ1) is 22.1. The normalized spacial score (nSPS) is 11.8. The minimum absolute atomic E-state index is 0.151. The van der Waals surface area contributed by atoms with E-state index in [1.165, 1.54) is 24.5 Å². The van der Waals surface area contributed by atoms with Gasteiger partial charge in [-0.3, -0.25) is 0 Å². The number of hydrogen-bond acceptors (Lipinski definition) is 2. The van der Waals surface area contributed by atoms with Crippen LogP contribution in [0.3, 0.4) is 0 Å². The zero-order valence-corrected chi connectivity index (χ0v) is 23.6. The first kappa shape index (κ1) is 29.5. The number of rotatable bonds is 5. The standard InChI is InChI=1S/C33H15ClF8N4/c34-16-11-9-15(10-12-16)23(19-13-45(21-7-3-1-5-17(19)21)28-24(35)30(39)43-31(40)25(28)36)20-14-46(22-8-4-2-6-18(20)22)29-26(37)32(41)44-33(42)27(29)38/h1-14,23H. The van der Waals surface area contributed by atoms with E-state index in [-0.39, 0.29) is 11.0 Å². The maximum absolute atomic E-state index is 15.1. The first-order valence-corrected chi connectivity index (χ1v) is 13.8. The molecule has 0 aliphatic heterocycles. The van der Waals surface area contributed by atoms with E-state index in [1.54, 1.807) is 60.7 Å². The number of nitrogens with zero attached hydrogens (tertiary/aromatic N) is 4. The van der Waals surface area contributed by atoms with Gasteiger partial charge in [0, 0.05) is 34.1 Å². The van der Waals surface area contributed by atoms with Gasteiger partial charge in [0.15, 0.2) is 0 Å². The van der Waals surface area contributed by atoms with Crippen molar-refractivity contribution in [3.05, 3.63) is 154 Å². The molecule has 0 fully saturated rings. The van der Waals surface area contributed by atoms with Crippen LogP contribution < -0.4 is 0 Å². The molecule has 46 heavy (non-hydrogen) atoms. The van der Waals surface area contributed by atoms with Crippen LogP contribution in [-0.4, -0.2) is 19.1 Å². The van der Waals surface area contributed by atoms with Crippen LogP contribution >= 0.6 is 11.6 Å². The number of hydrogen-bond donors (Lipinski definition) is 0. The summed E-state index contributed by atoms with van der Waals surface area (Å²) < 4.78 is 119. The maximum Gasteiger partial charge on any atom is 0.253 e. The van der Waals surface area contributed by atoms with E-state index in [0.29, 0.717) is 32.5 Å². The highest BCUT2D eigenvalue weighted by molar-refractivity contribution is 6.30. The number of benzene rings is 3. The Morgan fingerprint density at radius 2 is 0.870 bits per heavy atom. The van der Waals surface area contributed by atoms with E-state index in [1.807, 2.05) is 0 Å². The van der Waals surface area contributed by atoms with Crippen molar-refractivity contribution < 1.29 is 35.1 Å². The number of pyridine rings is 2. The van der Waals surface area contributed by atoms with Gasteiger partial charge in [-0.05, 0) is 41.0 Å². The fourth-order valence-electron chi connectivity index (χ4n) is 5.80. The average Bonchev–Trinajstić information content (AvgIpc) is 3.60. The highest BCUT2D eigenvalue weighted by atomic mass is 35.5. The summed E-state index contributed by atoms with van der Waals surface area (Å²) in [5.41, 5.74) is -0.614. The van der Waals surface area contributed by atoms with Crippen molar-refractivity contribution in [1.82, 2.24) is 19.1 Å². The molecule has 0 amide bonds. The molecule has 0 aliphatic rings. The molecule has 7 aromatic rings. The quantitative estimate of drug-likeness (QED) is 0.137. The molecule has 0 aliphatic carbocycles. The SMILES string of the molecule is Fc1nc(F)c(F)c(-n2cc(C(c3ccc(Cl)cc3)c3cn(-c4c(F)c(F)nc(F)c4F)c4ccccc34)c3ccccc32)c1F. The summed E-state index contributed by atoms with van der Waals surface area (Å²) >= 11 is 6.17. The molecule has 13 heteroatoms. The third-order valence-corrected chi connectivity index (χ3v) is 7.99. The van der Waals surface area contributed by atoms with Gasteiger partial charge >= 0.3 is 0 Å². The average molecular weight is 655 g/mol. The summed E-state index contributed by atoms with van der Waals surface area (Å²) in [4.78, 5) is 5.29. The molecule has 0 radical (unpaired) electrons. The highest BCUT2D eigenvalue weighted by Crippen LogP contribution is 2.43. The zero-order valence-electron chi connectivity index (χ0n) is 22.9. The Morgan fingerprint density at radius 3 is 1.26 bits per heavy atom. The van der Waals surface area contributed by atoms with Crippen LogP contribution in [0.1, 0.15) is 22.6 Å². The Balaban J connectivity index is 1.58. The Morgan fingerprint density at radius 1 is 0.500 bits per heavy atom. The van der Waals surface area contributed by atoms with Gasteiger partial charge in [-0.15, -0.1) is 0 Å². The molecular weight excluding hydrogens is 640 g/mol. The predicted molar refractivity (Wildman–Crippen MR) is 154 cm³/mol. The number of para-hydroxylation sites is 2. The molecule has 0 bridgehead atoms. The summed E-state index contributed by atoms with van der Waals surface area (Å²) in [5, 5.41) is 1.13. The summed E-state index contributed by atoms with van der Waals surface area (Å²) in [6.45, 7) is 0. The molecule has 3 aromatic carbocycles. The van der Waals surface area contributed by atoms with Gasteiger partial charge in [0.2, 0.25) is 23.3 Å². The largest absolute Gasteiger partial charge is 0.311 e. The van der Waals surface area contributed by atoms with Crippen LogP contribution in [0.15, 0.2) is 85.2 Å². The van der Waals surface area contributed by atoms with E-state index in [9.17, 15) is 17.6 Å². The van der Waals surface area contributed by atoms with Crippen molar-refractivity contribution in [2.75, 3.05) is 0 Å². The minimum Gasteiger partial charge on any atom is -0.311 e. The lowest BCUT2D eigenvalue weighted by Gasteiger charge is -2.18. The molecule has 0 atom stereocenters. The zero-order chi connectivity index (χ0) is 32.4. The molecule has 0 saturated carbocycles. The van der Waals surface area contributed by atoms with Crippen LogP contribution in [0.5, 0.6) is 0 Å². The van der Waals surface area contributed by atoms with Gasteiger partial charge in [0.05, 0.1) is 11.0 Å². The second-order valence-corrected chi connectivity index (χ2v) is 10.7. The van der Waals surface area contributed by atoms with Gasteiger partial charge in [-0.25, -0.2) is 0 Å². The third-order valence-electron chi connectivity index (χ3n) is 7.74. The smallest absolute Gasteiger partial charge is 0.253 e. The van der Waals surface area contributed by atoms with Crippen LogP contribution in [0.2, 0.25) is 5.02 Å². The Labute approximate surface area is 258 Å². The Bertz CT molecular complexity index is 2140. The number of aromatic nitrogens is 4. The second-order valence-electron chi connectivity index (χ2n) is 10.3. The molecular formula is C33H15ClF8N4. The van der Waals surface area contributed by atoms with Crippen LogP contribution in [0, 0.1) is 47.1 Å². The molecule has 0 unspecified atom stereocenters. The molecule has 4 aromatic heterocycles. The van der Waals surface area contributed by atoms with Gasteiger partial charge in [-0.2, -0.15) is 45.1 Å². The molecule has 7 rings (SSSR count). The Kier molecular flexibility index (Phi) is 7.04. The fourth-order valence-corrected chi connectivity index (χ4v) is 5.93. The predicted octanol–water partition coefficient (Wildman–Crippen LogP) is 9.31. The summed E-state index contributed by atoms with van der Waals surface area (Å²) in [5.74, 6) is -15.3. The lowest BCUT2D eigenvalue weighted by molar-refractivity contribution is 0.403. The van der Waals surface area contributed by atoms with Crippen molar-refractivity contribution in [3.63, 3.8) is 0 Å². The van der Waals surface area contributed by atoms with Crippen molar-refractivity contribution in [2.24, 2.45) is 0 Å². The van der Waals surface area contributed by atoms with E-state index >= 15 is 17.6 Å². The number of halogens is 9. The van der Waals surface area contributed by atoms with Crippen molar-refractivity contribution >= 4 is 33.4 Å². The summed E-state index contributed by atoms with van der Waals surface area (Å²) in [7, 11) is 0. The third kappa shape index (κ3) is 4.51. The highest BCUT2D eigenvalue weighted by Gasteiger charge is 2.31. The van der Waals surface area contributed by atoms with Crippen molar-refractivity contribution in [1.29, 1.82) is 0 Å². The van der Waals surface area contributed by atoms with E-state index in [2.05, 4.69) is 9.97 Å². The minimum atomic E-state index is -1.86. The monoisotopic (exact) mass is 654 g/mol. The summed E-state index contributed by atoms with van der Waals surface area (Å²) in [6, 6.07) is 19.0. The second kappa shape index (κ2) is 11.0. The molecule has 230 valence electrons. The van der Waals surface area contributed by atoms with E-state index < -0.39 is 64.4 Å². The van der Waals surface area contributed by atoms with Crippen LogP contribution in [0.4, 0.5) is 35.1 Å². The fraction of sp³-hybridized carbons (Fsp3) is 0.0303.